The fraction of sp³-hybridized carbons (Fsp3) is 0.250. The largest absolute Gasteiger partial charge is 0.333 e. The second kappa shape index (κ2) is 5.29. The molecule has 3 nitrogen and oxygen atoms in total. The molecule has 0 aliphatic rings. The first-order valence-electron chi connectivity index (χ1n) is 5.33. The van der Waals surface area contributed by atoms with E-state index in [1.807, 2.05) is 10.8 Å². The summed E-state index contributed by atoms with van der Waals surface area (Å²) in [6.07, 6.45) is 4.43. The fourth-order valence-corrected chi connectivity index (χ4v) is 1.82. The molecule has 1 aromatic carbocycles. The lowest BCUT2D eigenvalue weighted by atomic mass is 10.2. The number of rotatable bonds is 4. The van der Waals surface area contributed by atoms with Crippen LogP contribution in [0.1, 0.15) is 11.3 Å². The maximum Gasteiger partial charge on any atom is 0.141 e. The molecule has 0 radical (unpaired) electrons. The monoisotopic (exact) mass is 253 g/mol. The van der Waals surface area contributed by atoms with Gasteiger partial charge in [-0.3, -0.25) is 0 Å². The molecule has 0 aliphatic carbocycles. The summed E-state index contributed by atoms with van der Waals surface area (Å²) in [6.45, 7) is 1.21. The van der Waals surface area contributed by atoms with Gasteiger partial charge in [0, 0.05) is 19.2 Å². The Morgan fingerprint density at radius 1 is 1.41 bits per heavy atom. The molecule has 1 heterocycles. The van der Waals surface area contributed by atoms with Crippen LogP contribution in [0.3, 0.4) is 0 Å². The summed E-state index contributed by atoms with van der Waals surface area (Å²) in [4.78, 5) is 4.22. The lowest BCUT2D eigenvalue weighted by Crippen LogP contribution is -2.02. The van der Waals surface area contributed by atoms with Crippen molar-refractivity contribution >= 4 is 11.6 Å². The van der Waals surface area contributed by atoms with Gasteiger partial charge in [0.15, 0.2) is 0 Å². The van der Waals surface area contributed by atoms with Crippen LogP contribution in [0.5, 0.6) is 0 Å². The number of aromatic nitrogens is 2. The summed E-state index contributed by atoms with van der Waals surface area (Å²) in [6, 6.07) is 4.71. The van der Waals surface area contributed by atoms with E-state index >= 15 is 0 Å². The van der Waals surface area contributed by atoms with Crippen molar-refractivity contribution in [2.45, 2.75) is 13.0 Å². The Hall–Kier alpha value is -1.39. The SMILES string of the molecule is NCCc1cn(Cc2ccc(F)c(Cl)c2)cn1. The minimum Gasteiger partial charge on any atom is -0.333 e. The van der Waals surface area contributed by atoms with Crippen molar-refractivity contribution < 1.29 is 4.39 Å². The number of benzene rings is 1. The van der Waals surface area contributed by atoms with E-state index in [1.165, 1.54) is 6.07 Å². The number of hydrogen-bond donors (Lipinski definition) is 1. The van der Waals surface area contributed by atoms with E-state index in [1.54, 1.807) is 18.5 Å². The quantitative estimate of drug-likeness (QED) is 0.908. The first-order valence-corrected chi connectivity index (χ1v) is 5.71. The Morgan fingerprint density at radius 3 is 2.94 bits per heavy atom. The van der Waals surface area contributed by atoms with E-state index < -0.39 is 5.82 Å². The van der Waals surface area contributed by atoms with Gasteiger partial charge in [-0.1, -0.05) is 17.7 Å². The lowest BCUT2D eigenvalue weighted by Gasteiger charge is -2.03. The second-order valence-electron chi connectivity index (χ2n) is 3.82. The van der Waals surface area contributed by atoms with Gasteiger partial charge in [-0.05, 0) is 24.2 Å². The first kappa shape index (κ1) is 12.1. The van der Waals surface area contributed by atoms with Gasteiger partial charge in [-0.15, -0.1) is 0 Å². The summed E-state index contributed by atoms with van der Waals surface area (Å²) in [7, 11) is 0. The van der Waals surface area contributed by atoms with Gasteiger partial charge >= 0.3 is 0 Å². The van der Waals surface area contributed by atoms with E-state index in [4.69, 9.17) is 17.3 Å². The minimum atomic E-state index is -0.398. The van der Waals surface area contributed by atoms with Gasteiger partial charge in [0.1, 0.15) is 5.82 Å². The molecule has 2 N–H and O–H groups in total. The molecule has 0 amide bonds. The summed E-state index contributed by atoms with van der Waals surface area (Å²) >= 11 is 5.72. The van der Waals surface area contributed by atoms with Crippen LogP contribution in [-0.4, -0.2) is 16.1 Å². The topological polar surface area (TPSA) is 43.8 Å². The van der Waals surface area contributed by atoms with Crippen molar-refractivity contribution in [3.8, 4) is 0 Å². The predicted molar refractivity (Wildman–Crippen MR) is 65.5 cm³/mol. The van der Waals surface area contributed by atoms with Gasteiger partial charge in [-0.25, -0.2) is 9.37 Å². The number of nitrogens with zero attached hydrogens (tertiary/aromatic N) is 2. The Balaban J connectivity index is 2.11. The highest BCUT2D eigenvalue weighted by Crippen LogP contribution is 2.16. The second-order valence-corrected chi connectivity index (χ2v) is 4.23. The molecular formula is C12H13ClFN3. The molecule has 17 heavy (non-hydrogen) atoms. The van der Waals surface area contributed by atoms with E-state index in [-0.39, 0.29) is 5.02 Å². The number of nitrogens with two attached hydrogens (primary N) is 1. The molecular weight excluding hydrogens is 241 g/mol. The van der Waals surface area contributed by atoms with E-state index in [0.29, 0.717) is 13.1 Å². The van der Waals surface area contributed by atoms with Crippen molar-refractivity contribution in [1.82, 2.24) is 9.55 Å². The smallest absolute Gasteiger partial charge is 0.141 e. The maximum atomic E-state index is 13.0. The third-order valence-electron chi connectivity index (χ3n) is 2.44. The van der Waals surface area contributed by atoms with E-state index in [9.17, 15) is 4.39 Å². The zero-order valence-corrected chi connectivity index (χ0v) is 9.99. The van der Waals surface area contributed by atoms with Crippen molar-refractivity contribution in [1.29, 1.82) is 0 Å². The highest BCUT2D eigenvalue weighted by Gasteiger charge is 2.03. The molecule has 0 fully saturated rings. The number of hydrogen-bond acceptors (Lipinski definition) is 2. The molecule has 2 rings (SSSR count). The van der Waals surface area contributed by atoms with E-state index in [0.717, 1.165) is 17.7 Å². The zero-order valence-electron chi connectivity index (χ0n) is 9.24. The molecule has 1 aromatic heterocycles. The van der Waals surface area contributed by atoms with Crippen LogP contribution in [-0.2, 0) is 13.0 Å². The van der Waals surface area contributed by atoms with E-state index in [2.05, 4.69) is 4.98 Å². The molecule has 0 saturated heterocycles. The first-order chi connectivity index (χ1) is 8.19. The van der Waals surface area contributed by atoms with Crippen LogP contribution in [0.2, 0.25) is 5.02 Å². The highest BCUT2D eigenvalue weighted by atomic mass is 35.5. The normalized spacial score (nSPS) is 10.8. The Morgan fingerprint density at radius 2 is 2.24 bits per heavy atom. The minimum absolute atomic E-state index is 0.143. The van der Waals surface area contributed by atoms with Crippen LogP contribution in [0.4, 0.5) is 4.39 Å². The van der Waals surface area contributed by atoms with Crippen LogP contribution in [0, 0.1) is 5.82 Å². The van der Waals surface area contributed by atoms with Crippen LogP contribution in [0.15, 0.2) is 30.7 Å². The van der Waals surface area contributed by atoms with Crippen molar-refractivity contribution in [2.24, 2.45) is 5.73 Å². The standard InChI is InChI=1S/C12H13ClFN3/c13-11-5-9(1-2-12(11)14)6-17-7-10(3-4-15)16-8-17/h1-2,5,7-8H,3-4,6,15H2. The molecule has 0 aliphatic heterocycles. The predicted octanol–water partition coefficient (Wildman–Crippen LogP) is 2.23. The third kappa shape index (κ3) is 3.05. The number of halogens is 2. The third-order valence-corrected chi connectivity index (χ3v) is 2.73. The Labute approximate surface area is 104 Å². The van der Waals surface area contributed by atoms with Crippen molar-refractivity contribution in [2.75, 3.05) is 6.54 Å². The summed E-state index contributed by atoms with van der Waals surface area (Å²) in [5.74, 6) is -0.398. The van der Waals surface area contributed by atoms with Gasteiger partial charge < -0.3 is 10.3 Å². The summed E-state index contributed by atoms with van der Waals surface area (Å²) in [5.41, 5.74) is 7.35. The average molecular weight is 254 g/mol. The summed E-state index contributed by atoms with van der Waals surface area (Å²) in [5, 5.41) is 0.143. The average Bonchev–Trinajstić information content (AvgIpc) is 2.72. The van der Waals surface area contributed by atoms with Crippen LogP contribution < -0.4 is 5.73 Å². The maximum absolute atomic E-state index is 13.0. The van der Waals surface area contributed by atoms with Gasteiger partial charge in [0.25, 0.3) is 0 Å². The molecule has 90 valence electrons. The van der Waals surface area contributed by atoms with Crippen LogP contribution >= 0.6 is 11.6 Å². The fourth-order valence-electron chi connectivity index (χ4n) is 1.62. The van der Waals surface area contributed by atoms with Gasteiger partial charge in [0.05, 0.1) is 17.0 Å². The van der Waals surface area contributed by atoms with Crippen molar-refractivity contribution in [3.05, 3.63) is 52.8 Å². The van der Waals surface area contributed by atoms with Gasteiger partial charge in [0.2, 0.25) is 0 Å². The number of imidazole rings is 1. The molecule has 0 spiro atoms. The van der Waals surface area contributed by atoms with Gasteiger partial charge in [-0.2, -0.15) is 0 Å². The highest BCUT2D eigenvalue weighted by molar-refractivity contribution is 6.30. The molecule has 5 heteroatoms. The Kier molecular flexibility index (Phi) is 3.76. The molecule has 0 saturated carbocycles. The van der Waals surface area contributed by atoms with Crippen LogP contribution in [0.25, 0.3) is 0 Å². The molecule has 0 unspecified atom stereocenters. The molecule has 0 bridgehead atoms. The molecule has 0 atom stereocenters. The van der Waals surface area contributed by atoms with Crippen molar-refractivity contribution in [3.63, 3.8) is 0 Å². The zero-order chi connectivity index (χ0) is 12.3. The summed E-state index contributed by atoms with van der Waals surface area (Å²) < 4.78 is 14.9. The lowest BCUT2D eigenvalue weighted by molar-refractivity contribution is 0.626. The Bertz CT molecular complexity index is 510. The molecule has 2 aromatic rings.